The van der Waals surface area contributed by atoms with Crippen LogP contribution in [0.25, 0.3) is 0 Å². The highest BCUT2D eigenvalue weighted by Gasteiger charge is 2.17. The van der Waals surface area contributed by atoms with Crippen LogP contribution in [0.2, 0.25) is 0 Å². The van der Waals surface area contributed by atoms with Crippen LogP contribution >= 0.6 is 15.9 Å². The van der Waals surface area contributed by atoms with Gasteiger partial charge in [-0.3, -0.25) is 5.84 Å². The number of rotatable bonds is 3. The van der Waals surface area contributed by atoms with E-state index < -0.39 is 0 Å². The van der Waals surface area contributed by atoms with Crippen molar-refractivity contribution in [2.24, 2.45) is 5.84 Å². The minimum absolute atomic E-state index is 0.273. The van der Waals surface area contributed by atoms with Crippen molar-refractivity contribution in [3.8, 4) is 0 Å². The summed E-state index contributed by atoms with van der Waals surface area (Å²) in [5.41, 5.74) is 6.44. The molecule has 0 saturated carbocycles. The van der Waals surface area contributed by atoms with Gasteiger partial charge in [-0.25, -0.2) is 9.82 Å². The Morgan fingerprint density at radius 1 is 1.11 bits per heavy atom. The molecule has 0 saturated heterocycles. The van der Waals surface area contributed by atoms with E-state index in [9.17, 15) is 4.39 Å². The summed E-state index contributed by atoms with van der Waals surface area (Å²) in [6.07, 6.45) is 0. The summed E-state index contributed by atoms with van der Waals surface area (Å²) in [7, 11) is 0. The molecule has 0 heterocycles. The van der Waals surface area contributed by atoms with Crippen LogP contribution in [0.4, 0.5) is 4.39 Å². The zero-order valence-corrected chi connectivity index (χ0v) is 12.5. The van der Waals surface area contributed by atoms with E-state index >= 15 is 0 Å². The van der Waals surface area contributed by atoms with Gasteiger partial charge in [0.2, 0.25) is 0 Å². The van der Waals surface area contributed by atoms with Crippen molar-refractivity contribution in [3.63, 3.8) is 0 Å². The Bertz CT molecular complexity index is 578. The molecule has 2 nitrogen and oxygen atoms in total. The summed E-state index contributed by atoms with van der Waals surface area (Å²) in [5.74, 6) is 5.35. The third-order valence-corrected chi connectivity index (χ3v) is 3.51. The molecule has 19 heavy (non-hydrogen) atoms. The minimum Gasteiger partial charge on any atom is -0.271 e. The maximum absolute atomic E-state index is 14.0. The summed E-state index contributed by atoms with van der Waals surface area (Å²) in [4.78, 5) is 0. The number of halogens is 2. The van der Waals surface area contributed by atoms with Gasteiger partial charge in [0.25, 0.3) is 0 Å². The largest absolute Gasteiger partial charge is 0.271 e. The Balaban J connectivity index is 2.52. The average Bonchev–Trinajstić information content (AvgIpc) is 2.33. The van der Waals surface area contributed by atoms with Crippen molar-refractivity contribution in [1.82, 2.24) is 5.43 Å². The number of hydrogen-bond donors (Lipinski definition) is 2. The minimum atomic E-state index is -0.365. The van der Waals surface area contributed by atoms with Gasteiger partial charge in [0.15, 0.2) is 0 Å². The molecule has 0 aliphatic heterocycles. The highest BCUT2D eigenvalue weighted by Crippen LogP contribution is 2.27. The van der Waals surface area contributed by atoms with Crippen molar-refractivity contribution < 1.29 is 4.39 Å². The molecule has 0 fully saturated rings. The first-order valence-corrected chi connectivity index (χ1v) is 6.80. The van der Waals surface area contributed by atoms with Crippen LogP contribution in [-0.2, 0) is 0 Å². The summed E-state index contributed by atoms with van der Waals surface area (Å²) in [5, 5.41) is 0. The summed E-state index contributed by atoms with van der Waals surface area (Å²) in [6.45, 7) is 4.03. The van der Waals surface area contributed by atoms with Gasteiger partial charge in [-0.05, 0) is 37.6 Å². The Kier molecular flexibility index (Phi) is 4.34. The Morgan fingerprint density at radius 3 is 2.32 bits per heavy atom. The van der Waals surface area contributed by atoms with Crippen LogP contribution < -0.4 is 11.3 Å². The van der Waals surface area contributed by atoms with E-state index in [2.05, 4.69) is 27.4 Å². The van der Waals surface area contributed by atoms with Gasteiger partial charge in [-0.2, -0.15) is 0 Å². The van der Waals surface area contributed by atoms with Crippen LogP contribution in [-0.4, -0.2) is 0 Å². The topological polar surface area (TPSA) is 38.0 Å². The SMILES string of the molecule is Cc1cc(C)cc(C(NN)c2cc(Br)ccc2F)c1. The fourth-order valence-electron chi connectivity index (χ4n) is 2.28. The molecular weight excluding hydrogens is 307 g/mol. The second kappa shape index (κ2) is 5.82. The van der Waals surface area contributed by atoms with Crippen molar-refractivity contribution in [2.45, 2.75) is 19.9 Å². The molecule has 1 unspecified atom stereocenters. The molecule has 0 aliphatic carbocycles. The van der Waals surface area contributed by atoms with E-state index in [1.807, 2.05) is 26.0 Å². The maximum Gasteiger partial charge on any atom is 0.128 e. The van der Waals surface area contributed by atoms with Crippen molar-refractivity contribution in [2.75, 3.05) is 0 Å². The lowest BCUT2D eigenvalue weighted by Crippen LogP contribution is -2.29. The lowest BCUT2D eigenvalue weighted by molar-refractivity contribution is 0.559. The Hall–Kier alpha value is -1.23. The third kappa shape index (κ3) is 3.21. The van der Waals surface area contributed by atoms with Crippen LogP contribution in [0.5, 0.6) is 0 Å². The van der Waals surface area contributed by atoms with E-state index in [-0.39, 0.29) is 11.9 Å². The van der Waals surface area contributed by atoms with Crippen LogP contribution in [0.3, 0.4) is 0 Å². The number of aryl methyl sites for hydroxylation is 2. The molecule has 0 aliphatic rings. The van der Waals surface area contributed by atoms with Crippen LogP contribution in [0.15, 0.2) is 40.9 Å². The van der Waals surface area contributed by atoms with Gasteiger partial charge in [0, 0.05) is 10.0 Å². The smallest absolute Gasteiger partial charge is 0.128 e. The lowest BCUT2D eigenvalue weighted by Gasteiger charge is -2.19. The van der Waals surface area contributed by atoms with Crippen molar-refractivity contribution in [3.05, 3.63) is 68.9 Å². The quantitative estimate of drug-likeness (QED) is 0.667. The van der Waals surface area contributed by atoms with Gasteiger partial charge in [0.05, 0.1) is 6.04 Å². The second-order valence-electron chi connectivity index (χ2n) is 4.69. The molecule has 1 atom stereocenters. The average molecular weight is 323 g/mol. The number of nitrogens with one attached hydrogen (secondary N) is 1. The molecule has 0 amide bonds. The van der Waals surface area contributed by atoms with E-state index in [1.165, 1.54) is 6.07 Å². The molecule has 0 bridgehead atoms. The summed E-state index contributed by atoms with van der Waals surface area (Å²) in [6, 6.07) is 10.6. The summed E-state index contributed by atoms with van der Waals surface area (Å²) >= 11 is 3.36. The van der Waals surface area contributed by atoms with Crippen LogP contribution in [0, 0.1) is 19.7 Å². The highest BCUT2D eigenvalue weighted by molar-refractivity contribution is 9.10. The van der Waals surface area contributed by atoms with Crippen molar-refractivity contribution in [1.29, 1.82) is 0 Å². The zero-order valence-electron chi connectivity index (χ0n) is 10.9. The molecule has 0 aromatic heterocycles. The Labute approximate surface area is 120 Å². The standard InChI is InChI=1S/C15H16BrFN2/c1-9-5-10(2)7-11(6-9)15(19-18)13-8-12(16)3-4-14(13)17/h3-8,15,19H,18H2,1-2H3. The van der Waals surface area contributed by atoms with Crippen LogP contribution in [0.1, 0.15) is 28.3 Å². The fraction of sp³-hybridized carbons (Fsp3) is 0.200. The molecule has 3 N–H and O–H groups in total. The predicted molar refractivity (Wildman–Crippen MR) is 79.2 cm³/mol. The lowest BCUT2D eigenvalue weighted by atomic mass is 9.96. The molecule has 0 spiro atoms. The van der Waals surface area contributed by atoms with Gasteiger partial charge in [-0.15, -0.1) is 0 Å². The monoisotopic (exact) mass is 322 g/mol. The van der Waals surface area contributed by atoms with E-state index in [0.717, 1.165) is 21.2 Å². The van der Waals surface area contributed by atoms with Gasteiger partial charge >= 0.3 is 0 Å². The van der Waals surface area contributed by atoms with E-state index in [4.69, 9.17) is 5.84 Å². The zero-order chi connectivity index (χ0) is 14.0. The molecular formula is C15H16BrFN2. The molecule has 100 valence electrons. The first-order valence-electron chi connectivity index (χ1n) is 6.00. The molecule has 2 rings (SSSR count). The number of hydrazine groups is 1. The Morgan fingerprint density at radius 2 is 1.74 bits per heavy atom. The predicted octanol–water partition coefficient (Wildman–Crippen LogP) is 3.76. The first-order chi connectivity index (χ1) is 9.01. The van der Waals surface area contributed by atoms with Gasteiger partial charge in [0.1, 0.15) is 5.82 Å². The van der Waals surface area contributed by atoms with Crippen molar-refractivity contribution >= 4 is 15.9 Å². The second-order valence-corrected chi connectivity index (χ2v) is 5.60. The number of benzene rings is 2. The van der Waals surface area contributed by atoms with Gasteiger partial charge in [-0.1, -0.05) is 45.3 Å². The molecule has 2 aromatic carbocycles. The fourth-order valence-corrected chi connectivity index (χ4v) is 2.66. The highest BCUT2D eigenvalue weighted by atomic mass is 79.9. The molecule has 2 aromatic rings. The third-order valence-electron chi connectivity index (χ3n) is 3.01. The number of hydrogen-bond acceptors (Lipinski definition) is 2. The summed E-state index contributed by atoms with van der Waals surface area (Å²) < 4.78 is 14.8. The van der Waals surface area contributed by atoms with E-state index in [0.29, 0.717) is 5.56 Å². The normalized spacial score (nSPS) is 12.5. The van der Waals surface area contributed by atoms with E-state index in [1.54, 1.807) is 12.1 Å². The molecule has 0 radical (unpaired) electrons. The maximum atomic E-state index is 14.0. The first kappa shape index (κ1) is 14.2. The van der Waals surface area contributed by atoms with Gasteiger partial charge < -0.3 is 0 Å². The molecule has 4 heteroatoms. The number of nitrogens with two attached hydrogens (primary N) is 1.